The quantitative estimate of drug-likeness (QED) is 0.0230. The average molecular weight is 743 g/mol. The van der Waals surface area contributed by atoms with E-state index in [1.54, 1.807) is 6.92 Å². The molecule has 3 nitrogen and oxygen atoms in total. The first-order valence-corrected chi connectivity index (χ1v) is 23.4. The van der Waals surface area contributed by atoms with Crippen LogP contribution in [-0.4, -0.2) is 41.9 Å². The van der Waals surface area contributed by atoms with Crippen LogP contribution in [0.25, 0.3) is 11.1 Å². The Morgan fingerprint density at radius 2 is 0.963 bits per heavy atom. The lowest BCUT2D eigenvalue weighted by Gasteiger charge is -2.34. The third-order valence-electron chi connectivity index (χ3n) is 10.5. The van der Waals surface area contributed by atoms with E-state index < -0.39 is 16.1 Å². The van der Waals surface area contributed by atoms with E-state index in [1.165, 1.54) is 42.2 Å². The zero-order valence-corrected chi connectivity index (χ0v) is 33.3. The minimum atomic E-state index is -2.53. The summed E-state index contributed by atoms with van der Waals surface area (Å²) in [6.45, 7) is 10.9. The van der Waals surface area contributed by atoms with Crippen LogP contribution in [0.2, 0.25) is 12.1 Å². The van der Waals surface area contributed by atoms with Crippen LogP contribution in [0.3, 0.4) is 0 Å². The van der Waals surface area contributed by atoms with Crippen molar-refractivity contribution in [2.45, 2.75) is 31.9 Å². The first-order valence-electron chi connectivity index (χ1n) is 18.9. The lowest BCUT2D eigenvalue weighted by atomic mass is 10.1. The molecule has 54 heavy (non-hydrogen) atoms. The van der Waals surface area contributed by atoms with E-state index in [1.807, 2.05) is 6.08 Å². The molecule has 0 N–H and O–H groups in total. The molecule has 0 unspecified atom stereocenters. The maximum absolute atomic E-state index is 12.3. The standard InChI is InChI=1S/C49H50O3Si2/c1-4-34-51-35-18-37-54(45-25-13-7-14-26-45,46-27-15-8-16-28-46)48-29-17-20-42(39-48)41-30-32-47(33-31-41)53(43-21-9-5-10-22-43,44-23-11-6-12-24-44)38-19-36-52-49(50)40(2)3/h4-17,20-33,39H,1-2,18-19,34-38H2,3H3. The van der Waals surface area contributed by atoms with Gasteiger partial charge >= 0.3 is 5.97 Å². The lowest BCUT2D eigenvalue weighted by molar-refractivity contribution is -0.138. The highest BCUT2D eigenvalue weighted by atomic mass is 28.3. The molecule has 0 saturated heterocycles. The lowest BCUT2D eigenvalue weighted by Crippen LogP contribution is -2.67. The number of carbonyl (C=O) groups excluding carboxylic acids is 1. The summed E-state index contributed by atoms with van der Waals surface area (Å²) >= 11 is 0. The van der Waals surface area contributed by atoms with Crippen molar-refractivity contribution in [2.24, 2.45) is 0 Å². The summed E-state index contributed by atoms with van der Waals surface area (Å²) in [5.41, 5.74) is 2.83. The van der Waals surface area contributed by atoms with E-state index in [9.17, 15) is 4.79 Å². The van der Waals surface area contributed by atoms with Gasteiger partial charge < -0.3 is 9.47 Å². The van der Waals surface area contributed by atoms with Gasteiger partial charge in [-0.2, -0.15) is 0 Å². The molecule has 0 fully saturated rings. The van der Waals surface area contributed by atoms with Crippen molar-refractivity contribution in [2.75, 3.05) is 19.8 Å². The van der Waals surface area contributed by atoms with Crippen LogP contribution >= 0.6 is 0 Å². The van der Waals surface area contributed by atoms with E-state index in [2.05, 4.69) is 183 Å². The molecule has 0 spiro atoms. The van der Waals surface area contributed by atoms with Crippen molar-refractivity contribution >= 4 is 53.2 Å². The summed E-state index contributed by atoms with van der Waals surface area (Å²) in [6.07, 6.45) is 3.53. The molecule has 0 heterocycles. The third-order valence-corrected chi connectivity index (χ3v) is 20.6. The summed E-state index contributed by atoms with van der Waals surface area (Å²) in [5, 5.41) is 8.23. The molecule has 5 heteroatoms. The van der Waals surface area contributed by atoms with E-state index in [0.717, 1.165) is 24.9 Å². The van der Waals surface area contributed by atoms with Crippen LogP contribution in [0.5, 0.6) is 0 Å². The van der Waals surface area contributed by atoms with E-state index in [4.69, 9.17) is 9.47 Å². The van der Waals surface area contributed by atoms with Crippen LogP contribution in [0.4, 0.5) is 0 Å². The molecule has 272 valence electrons. The van der Waals surface area contributed by atoms with Gasteiger partial charge in [-0.25, -0.2) is 4.79 Å². The van der Waals surface area contributed by atoms with Gasteiger partial charge in [0.1, 0.15) is 16.1 Å². The zero-order chi connectivity index (χ0) is 37.6. The Morgan fingerprint density at radius 1 is 0.537 bits per heavy atom. The first-order chi connectivity index (χ1) is 26.5. The predicted octanol–water partition coefficient (Wildman–Crippen LogP) is 7.40. The summed E-state index contributed by atoms with van der Waals surface area (Å²) < 4.78 is 11.5. The minimum Gasteiger partial charge on any atom is -0.462 e. The van der Waals surface area contributed by atoms with Gasteiger partial charge in [-0.15, -0.1) is 6.58 Å². The number of hydrogen-bond donors (Lipinski definition) is 0. The summed E-state index contributed by atoms with van der Waals surface area (Å²) in [5.74, 6) is -0.332. The monoisotopic (exact) mass is 742 g/mol. The van der Waals surface area contributed by atoms with Gasteiger partial charge in [-0.05, 0) is 74.1 Å². The van der Waals surface area contributed by atoms with Gasteiger partial charge in [-0.1, -0.05) is 183 Å². The van der Waals surface area contributed by atoms with E-state index in [0.29, 0.717) is 25.4 Å². The van der Waals surface area contributed by atoms with Gasteiger partial charge in [0.15, 0.2) is 0 Å². The minimum absolute atomic E-state index is 0.332. The SMILES string of the molecule is C=CCOCCC[Si](c1ccccc1)(c1ccccc1)c1cccc(-c2ccc([Si](CCCOC(=O)C(=C)C)(c3ccccc3)c3ccccc3)cc2)c1. The smallest absolute Gasteiger partial charge is 0.333 e. The topological polar surface area (TPSA) is 35.5 Å². The van der Waals surface area contributed by atoms with Crippen LogP contribution in [-0.2, 0) is 14.3 Å². The highest BCUT2D eigenvalue weighted by Crippen LogP contribution is 2.23. The number of hydrogen-bond acceptors (Lipinski definition) is 3. The average Bonchev–Trinajstić information content (AvgIpc) is 3.24. The van der Waals surface area contributed by atoms with Crippen LogP contribution in [0.15, 0.2) is 195 Å². The Hall–Kier alpha value is -5.34. The van der Waals surface area contributed by atoms with Crippen molar-refractivity contribution in [3.63, 3.8) is 0 Å². The number of rotatable bonds is 18. The molecule has 0 saturated carbocycles. The van der Waals surface area contributed by atoms with Gasteiger partial charge in [0.2, 0.25) is 0 Å². The maximum atomic E-state index is 12.3. The fourth-order valence-electron chi connectivity index (χ4n) is 7.90. The maximum Gasteiger partial charge on any atom is 0.333 e. The normalized spacial score (nSPS) is 11.5. The molecule has 0 aliphatic carbocycles. The summed E-state index contributed by atoms with van der Waals surface area (Å²) in [6, 6.07) is 64.6. The summed E-state index contributed by atoms with van der Waals surface area (Å²) in [4.78, 5) is 12.3. The van der Waals surface area contributed by atoms with E-state index in [-0.39, 0.29) is 5.97 Å². The van der Waals surface area contributed by atoms with Crippen molar-refractivity contribution in [3.8, 4) is 11.1 Å². The number of benzene rings is 6. The highest BCUT2D eigenvalue weighted by molar-refractivity contribution is 7.12. The second-order valence-electron chi connectivity index (χ2n) is 13.9. The van der Waals surface area contributed by atoms with Gasteiger partial charge in [0, 0.05) is 12.2 Å². The molecule has 6 rings (SSSR count). The molecule has 6 aromatic rings. The molecule has 0 aliphatic rings. The Bertz CT molecular complexity index is 2020. The highest BCUT2D eigenvalue weighted by Gasteiger charge is 2.40. The first kappa shape index (κ1) is 38.4. The molecular weight excluding hydrogens is 693 g/mol. The fourth-order valence-corrected chi connectivity index (χ4v) is 17.5. The molecule has 0 aliphatic heterocycles. The molecule has 6 aromatic carbocycles. The van der Waals surface area contributed by atoms with Crippen molar-refractivity contribution in [3.05, 3.63) is 195 Å². The Balaban J connectivity index is 1.42. The number of carbonyl (C=O) groups is 1. The predicted molar refractivity (Wildman–Crippen MR) is 233 cm³/mol. The molecular formula is C49H50O3Si2. The molecule has 0 atom stereocenters. The van der Waals surface area contributed by atoms with Gasteiger partial charge in [-0.3, -0.25) is 0 Å². The number of esters is 1. The largest absolute Gasteiger partial charge is 0.462 e. The Kier molecular flexibility index (Phi) is 13.2. The van der Waals surface area contributed by atoms with E-state index >= 15 is 0 Å². The summed E-state index contributed by atoms with van der Waals surface area (Å²) in [7, 11) is -4.98. The van der Waals surface area contributed by atoms with Gasteiger partial charge in [0.25, 0.3) is 0 Å². The van der Waals surface area contributed by atoms with Crippen LogP contribution in [0.1, 0.15) is 19.8 Å². The molecule has 0 bridgehead atoms. The number of ether oxygens (including phenoxy) is 2. The Labute approximate surface area is 323 Å². The third kappa shape index (κ3) is 8.55. The Morgan fingerprint density at radius 3 is 1.43 bits per heavy atom. The van der Waals surface area contributed by atoms with Crippen molar-refractivity contribution in [1.29, 1.82) is 0 Å². The second kappa shape index (κ2) is 18.6. The fraction of sp³-hybridized carbons (Fsp3) is 0.163. The van der Waals surface area contributed by atoms with Crippen molar-refractivity contribution < 1.29 is 14.3 Å². The second-order valence-corrected chi connectivity index (χ2v) is 22.0. The molecule has 0 radical (unpaired) electrons. The van der Waals surface area contributed by atoms with Crippen molar-refractivity contribution in [1.82, 2.24) is 0 Å². The van der Waals surface area contributed by atoms with Crippen LogP contribution in [0, 0.1) is 0 Å². The zero-order valence-electron chi connectivity index (χ0n) is 31.3. The van der Waals surface area contributed by atoms with Crippen LogP contribution < -0.4 is 31.1 Å². The van der Waals surface area contributed by atoms with Gasteiger partial charge in [0.05, 0.1) is 13.2 Å². The molecule has 0 aromatic heterocycles. The molecule has 0 amide bonds.